The maximum absolute atomic E-state index is 11.3. The minimum atomic E-state index is 0.0715. The molecule has 0 bridgehead atoms. The molecule has 0 aromatic heterocycles. The van der Waals surface area contributed by atoms with Crippen LogP contribution in [0.5, 0.6) is 5.75 Å². The average molecular weight is 347 g/mol. The number of aromatic hydroxyl groups is 1. The smallest absolute Gasteiger partial charge is 0.224 e. The van der Waals surface area contributed by atoms with E-state index in [4.69, 9.17) is 0 Å². The molecule has 3 N–H and O–H groups in total. The van der Waals surface area contributed by atoms with Gasteiger partial charge in [-0.3, -0.25) is 4.79 Å². The fourth-order valence-electron chi connectivity index (χ4n) is 2.39. The van der Waals surface area contributed by atoms with E-state index >= 15 is 0 Å². The number of anilines is 2. The van der Waals surface area contributed by atoms with E-state index in [1.165, 1.54) is 0 Å². The van der Waals surface area contributed by atoms with Gasteiger partial charge in [-0.25, -0.2) is 0 Å². The normalized spacial score (nSPS) is 13.5. The number of nitrogens with one attached hydrogen (secondary N) is 2. The largest absolute Gasteiger partial charge is 0.508 e. The number of phenolic OH excluding ortho intramolecular Hbond substituents is 1. The molecule has 3 rings (SSSR count). The molecule has 1 aliphatic heterocycles. The van der Waals surface area contributed by atoms with Crippen molar-refractivity contribution in [1.29, 1.82) is 0 Å². The van der Waals surface area contributed by atoms with Crippen LogP contribution in [0.4, 0.5) is 11.4 Å². The average Bonchev–Trinajstić information content (AvgIpc) is 2.48. The molecule has 21 heavy (non-hydrogen) atoms. The Kier molecular flexibility index (Phi) is 3.84. The number of halogens is 1. The van der Waals surface area contributed by atoms with Crippen molar-refractivity contribution in [3.05, 3.63) is 52.0 Å². The first-order chi connectivity index (χ1) is 10.1. The summed E-state index contributed by atoms with van der Waals surface area (Å²) in [4.78, 5) is 11.3. The number of aryl methyl sites for hydroxylation is 1. The summed E-state index contributed by atoms with van der Waals surface area (Å²) in [5.41, 5.74) is 3.83. The second-order valence-corrected chi connectivity index (χ2v) is 5.96. The molecule has 1 heterocycles. The van der Waals surface area contributed by atoms with E-state index < -0.39 is 0 Å². The van der Waals surface area contributed by atoms with Crippen molar-refractivity contribution in [3.63, 3.8) is 0 Å². The van der Waals surface area contributed by atoms with Crippen LogP contribution < -0.4 is 10.6 Å². The molecule has 5 heteroatoms. The van der Waals surface area contributed by atoms with Gasteiger partial charge in [0.1, 0.15) is 5.75 Å². The van der Waals surface area contributed by atoms with Crippen molar-refractivity contribution in [2.45, 2.75) is 19.4 Å². The molecule has 0 radical (unpaired) electrons. The molecule has 0 spiro atoms. The van der Waals surface area contributed by atoms with E-state index in [1.807, 2.05) is 24.3 Å². The molecule has 4 nitrogen and oxygen atoms in total. The lowest BCUT2D eigenvalue weighted by atomic mass is 10.0. The maximum Gasteiger partial charge on any atom is 0.224 e. The number of carbonyl (C=O) groups is 1. The third-order valence-electron chi connectivity index (χ3n) is 3.53. The summed E-state index contributed by atoms with van der Waals surface area (Å²) in [6.07, 6.45) is 1.29. The highest BCUT2D eigenvalue weighted by atomic mass is 79.9. The van der Waals surface area contributed by atoms with Gasteiger partial charge in [0, 0.05) is 34.4 Å². The maximum atomic E-state index is 11.3. The first kappa shape index (κ1) is 13.9. The zero-order valence-corrected chi connectivity index (χ0v) is 12.9. The highest BCUT2D eigenvalue weighted by molar-refractivity contribution is 9.10. The van der Waals surface area contributed by atoms with Gasteiger partial charge in [-0.05, 0) is 48.4 Å². The first-order valence-corrected chi connectivity index (χ1v) is 7.55. The fourth-order valence-corrected chi connectivity index (χ4v) is 2.79. The lowest BCUT2D eigenvalue weighted by Crippen LogP contribution is -2.18. The van der Waals surface area contributed by atoms with Gasteiger partial charge in [0.2, 0.25) is 5.91 Å². The molecule has 2 aromatic rings. The van der Waals surface area contributed by atoms with Crippen molar-refractivity contribution < 1.29 is 9.90 Å². The summed E-state index contributed by atoms with van der Waals surface area (Å²) < 4.78 is 0.935. The Hall–Kier alpha value is -2.01. The molecule has 0 saturated carbocycles. The van der Waals surface area contributed by atoms with E-state index in [2.05, 4.69) is 26.6 Å². The van der Waals surface area contributed by atoms with Crippen molar-refractivity contribution in [1.82, 2.24) is 0 Å². The molecule has 0 fully saturated rings. The second kappa shape index (κ2) is 5.77. The number of hydrogen-bond acceptors (Lipinski definition) is 3. The number of hydrogen-bond donors (Lipinski definition) is 3. The van der Waals surface area contributed by atoms with Gasteiger partial charge in [0.05, 0.1) is 0 Å². The lowest BCUT2D eigenvalue weighted by Gasteiger charge is -2.18. The second-order valence-electron chi connectivity index (χ2n) is 5.05. The van der Waals surface area contributed by atoms with E-state index in [0.29, 0.717) is 13.0 Å². The molecule has 1 amide bonds. The molecule has 1 aliphatic rings. The van der Waals surface area contributed by atoms with Crippen LogP contribution in [0.2, 0.25) is 0 Å². The Bertz CT molecular complexity index is 701. The van der Waals surface area contributed by atoms with Gasteiger partial charge < -0.3 is 15.7 Å². The van der Waals surface area contributed by atoms with Crippen molar-refractivity contribution >= 4 is 33.2 Å². The SMILES string of the molecule is O=C1CCc2cc(NCc3cc(Br)ccc3O)ccc2N1. The highest BCUT2D eigenvalue weighted by Gasteiger charge is 2.14. The highest BCUT2D eigenvalue weighted by Crippen LogP contribution is 2.27. The monoisotopic (exact) mass is 346 g/mol. The summed E-state index contributed by atoms with van der Waals surface area (Å²) in [6.45, 7) is 0.538. The molecule has 108 valence electrons. The van der Waals surface area contributed by atoms with E-state index in [9.17, 15) is 9.90 Å². The van der Waals surface area contributed by atoms with Gasteiger partial charge in [-0.2, -0.15) is 0 Å². The third-order valence-corrected chi connectivity index (χ3v) is 4.02. The standard InChI is InChI=1S/C16H15BrN2O2/c17-12-2-5-15(20)11(7-12)9-18-13-3-4-14-10(8-13)1-6-16(21)19-14/h2-5,7-8,18,20H,1,6,9H2,(H,19,21). The first-order valence-electron chi connectivity index (χ1n) is 6.76. The number of phenols is 1. The predicted octanol–water partition coefficient (Wildman–Crippen LogP) is 3.65. The molecule has 0 saturated heterocycles. The van der Waals surface area contributed by atoms with Crippen LogP contribution in [-0.4, -0.2) is 11.0 Å². The summed E-state index contributed by atoms with van der Waals surface area (Å²) in [5, 5.41) is 16.0. The van der Waals surface area contributed by atoms with E-state index in [1.54, 1.807) is 12.1 Å². The number of carbonyl (C=O) groups excluding carboxylic acids is 1. The van der Waals surface area contributed by atoms with Crippen LogP contribution in [0.3, 0.4) is 0 Å². The van der Waals surface area contributed by atoms with Crippen LogP contribution in [-0.2, 0) is 17.8 Å². The van der Waals surface area contributed by atoms with Crippen LogP contribution in [0.1, 0.15) is 17.5 Å². The number of benzene rings is 2. The fraction of sp³-hybridized carbons (Fsp3) is 0.188. The Morgan fingerprint density at radius 2 is 2.05 bits per heavy atom. The minimum Gasteiger partial charge on any atom is -0.508 e. The number of rotatable bonds is 3. The van der Waals surface area contributed by atoms with E-state index in [0.717, 1.165) is 33.4 Å². The number of fused-ring (bicyclic) bond motifs is 1. The minimum absolute atomic E-state index is 0.0715. The Morgan fingerprint density at radius 1 is 1.19 bits per heavy atom. The van der Waals surface area contributed by atoms with Crippen molar-refractivity contribution in [2.75, 3.05) is 10.6 Å². The van der Waals surface area contributed by atoms with Gasteiger partial charge in [0.25, 0.3) is 0 Å². The predicted molar refractivity (Wildman–Crippen MR) is 86.5 cm³/mol. The molecular weight excluding hydrogens is 332 g/mol. The summed E-state index contributed by atoms with van der Waals surface area (Å²) in [7, 11) is 0. The van der Waals surface area contributed by atoms with Gasteiger partial charge in [-0.15, -0.1) is 0 Å². The van der Waals surface area contributed by atoms with Crippen LogP contribution in [0, 0.1) is 0 Å². The zero-order chi connectivity index (χ0) is 14.8. The number of amides is 1. The summed E-state index contributed by atoms with van der Waals surface area (Å²) >= 11 is 3.40. The summed E-state index contributed by atoms with van der Waals surface area (Å²) in [6, 6.07) is 11.3. The van der Waals surface area contributed by atoms with Crippen LogP contribution >= 0.6 is 15.9 Å². The van der Waals surface area contributed by atoms with Crippen LogP contribution in [0.25, 0.3) is 0 Å². The molecule has 2 aromatic carbocycles. The Labute approximate surface area is 131 Å². The van der Waals surface area contributed by atoms with Crippen molar-refractivity contribution in [3.8, 4) is 5.75 Å². The molecule has 0 unspecified atom stereocenters. The Morgan fingerprint density at radius 3 is 2.90 bits per heavy atom. The summed E-state index contributed by atoms with van der Waals surface area (Å²) in [5.74, 6) is 0.346. The lowest BCUT2D eigenvalue weighted by molar-refractivity contribution is -0.116. The van der Waals surface area contributed by atoms with Gasteiger partial charge in [0.15, 0.2) is 0 Å². The van der Waals surface area contributed by atoms with Gasteiger partial charge in [-0.1, -0.05) is 15.9 Å². The Balaban J connectivity index is 1.74. The van der Waals surface area contributed by atoms with Crippen LogP contribution in [0.15, 0.2) is 40.9 Å². The topological polar surface area (TPSA) is 61.4 Å². The van der Waals surface area contributed by atoms with E-state index in [-0.39, 0.29) is 11.7 Å². The molecule has 0 atom stereocenters. The van der Waals surface area contributed by atoms with Crippen molar-refractivity contribution in [2.24, 2.45) is 0 Å². The molecule has 0 aliphatic carbocycles. The quantitative estimate of drug-likeness (QED) is 0.794. The third kappa shape index (κ3) is 3.19. The zero-order valence-electron chi connectivity index (χ0n) is 11.3. The molecular formula is C16H15BrN2O2. The van der Waals surface area contributed by atoms with Gasteiger partial charge >= 0.3 is 0 Å².